The van der Waals surface area contributed by atoms with Crippen molar-refractivity contribution < 1.29 is 5.11 Å². The van der Waals surface area contributed by atoms with Crippen LogP contribution in [-0.4, -0.2) is 35.8 Å². The fourth-order valence-corrected chi connectivity index (χ4v) is 2.61. The van der Waals surface area contributed by atoms with Crippen molar-refractivity contribution in [3.8, 4) is 6.07 Å². The van der Waals surface area contributed by atoms with Crippen LogP contribution in [0.2, 0.25) is 0 Å². The summed E-state index contributed by atoms with van der Waals surface area (Å²) in [7, 11) is 3.84. The monoisotopic (exact) mass is 318 g/mol. The molecule has 0 fully saturated rings. The molecule has 1 N–H and O–H groups in total. The number of aryl methyl sites for hydroxylation is 2. The maximum absolute atomic E-state index is 9.31. The number of hydrogen-bond donors (Lipinski definition) is 1. The first-order chi connectivity index (χ1) is 11.1. The van der Waals surface area contributed by atoms with E-state index in [0.29, 0.717) is 18.1 Å². The third kappa shape index (κ3) is 6.96. The van der Waals surface area contributed by atoms with Gasteiger partial charge in [0.1, 0.15) is 6.07 Å². The molecule has 5 heteroatoms. The van der Waals surface area contributed by atoms with Gasteiger partial charge in [-0.15, -0.1) is 0 Å². The van der Waals surface area contributed by atoms with Crippen LogP contribution in [0.1, 0.15) is 68.3 Å². The van der Waals surface area contributed by atoms with Crippen molar-refractivity contribution in [2.75, 3.05) is 25.6 Å². The molecule has 0 saturated heterocycles. The van der Waals surface area contributed by atoms with Gasteiger partial charge in [0, 0.05) is 20.7 Å². The Hall–Kier alpha value is -1.67. The first-order valence-electron chi connectivity index (χ1n) is 8.66. The number of nitrogens with zero attached hydrogens (tertiary/aromatic N) is 4. The van der Waals surface area contributed by atoms with Crippen LogP contribution < -0.4 is 4.90 Å². The van der Waals surface area contributed by atoms with Gasteiger partial charge in [0.15, 0.2) is 0 Å². The molecule has 0 atom stereocenters. The van der Waals surface area contributed by atoms with Gasteiger partial charge in [-0.25, -0.2) is 9.97 Å². The van der Waals surface area contributed by atoms with Crippen LogP contribution in [0.5, 0.6) is 0 Å². The number of rotatable bonds is 11. The second kappa shape index (κ2) is 11.0. The number of aliphatic hydroxyl groups is 1. The van der Waals surface area contributed by atoms with Gasteiger partial charge >= 0.3 is 0 Å². The summed E-state index contributed by atoms with van der Waals surface area (Å²) in [5, 5.41) is 18.0. The quantitative estimate of drug-likeness (QED) is 0.633. The number of aliphatic hydroxyl groups excluding tert-OH is 1. The Bertz CT molecular complexity index is 508. The lowest BCUT2D eigenvalue weighted by Gasteiger charge is -2.14. The molecular formula is C18H30N4O. The topological polar surface area (TPSA) is 73.0 Å². The van der Waals surface area contributed by atoms with E-state index < -0.39 is 0 Å². The van der Waals surface area contributed by atoms with E-state index in [4.69, 9.17) is 5.11 Å². The molecule has 0 aliphatic carbocycles. The Morgan fingerprint density at radius 1 is 0.957 bits per heavy atom. The van der Waals surface area contributed by atoms with Gasteiger partial charge in [-0.2, -0.15) is 5.26 Å². The average Bonchev–Trinajstić information content (AvgIpc) is 2.52. The number of aromatic nitrogens is 2. The molecule has 0 aromatic carbocycles. The number of unbranched alkanes of at least 4 members (excludes halogenated alkanes) is 7. The molecule has 0 saturated carbocycles. The van der Waals surface area contributed by atoms with Crippen molar-refractivity contribution in [1.29, 1.82) is 5.26 Å². The second-order valence-corrected chi connectivity index (χ2v) is 6.24. The molecule has 23 heavy (non-hydrogen) atoms. The predicted octanol–water partition coefficient (Wildman–Crippen LogP) is 3.38. The molecule has 1 aromatic rings. The Labute approximate surface area is 140 Å². The lowest BCUT2D eigenvalue weighted by atomic mass is 10.0. The van der Waals surface area contributed by atoms with Gasteiger partial charge < -0.3 is 10.0 Å². The summed E-state index contributed by atoms with van der Waals surface area (Å²) in [6.07, 6.45) is 10.1. The van der Waals surface area contributed by atoms with Crippen molar-refractivity contribution in [2.24, 2.45) is 0 Å². The van der Waals surface area contributed by atoms with Crippen LogP contribution >= 0.6 is 0 Å². The van der Waals surface area contributed by atoms with E-state index in [1.165, 1.54) is 32.1 Å². The maximum atomic E-state index is 9.31. The molecule has 0 unspecified atom stereocenters. The highest BCUT2D eigenvalue weighted by Crippen LogP contribution is 2.17. The molecule has 0 aliphatic rings. The van der Waals surface area contributed by atoms with Gasteiger partial charge in [-0.3, -0.25) is 0 Å². The van der Waals surface area contributed by atoms with Gasteiger partial charge in [0.2, 0.25) is 5.95 Å². The smallest absolute Gasteiger partial charge is 0.225 e. The molecule has 128 valence electrons. The minimum absolute atomic E-state index is 0.314. The summed E-state index contributed by atoms with van der Waals surface area (Å²) in [4.78, 5) is 10.8. The van der Waals surface area contributed by atoms with E-state index in [0.717, 1.165) is 37.1 Å². The molecule has 0 spiro atoms. The largest absolute Gasteiger partial charge is 0.396 e. The highest BCUT2D eigenvalue weighted by molar-refractivity contribution is 5.42. The van der Waals surface area contributed by atoms with Crippen LogP contribution in [0.3, 0.4) is 0 Å². The van der Waals surface area contributed by atoms with Gasteiger partial charge in [0.25, 0.3) is 0 Å². The van der Waals surface area contributed by atoms with Crippen molar-refractivity contribution in [3.63, 3.8) is 0 Å². The number of hydrogen-bond acceptors (Lipinski definition) is 5. The fourth-order valence-electron chi connectivity index (χ4n) is 2.61. The zero-order valence-electron chi connectivity index (χ0n) is 14.8. The summed E-state index contributed by atoms with van der Waals surface area (Å²) in [6.45, 7) is 2.19. The minimum atomic E-state index is 0.314. The van der Waals surface area contributed by atoms with Crippen molar-refractivity contribution in [2.45, 2.75) is 64.7 Å². The molecule has 0 aliphatic heterocycles. The predicted molar refractivity (Wildman–Crippen MR) is 93.5 cm³/mol. The van der Waals surface area contributed by atoms with Crippen molar-refractivity contribution in [3.05, 3.63) is 17.0 Å². The summed E-state index contributed by atoms with van der Waals surface area (Å²) < 4.78 is 0. The van der Waals surface area contributed by atoms with Gasteiger partial charge in [0.05, 0.1) is 17.0 Å². The molecule has 1 heterocycles. The Morgan fingerprint density at radius 2 is 1.52 bits per heavy atom. The highest BCUT2D eigenvalue weighted by Gasteiger charge is 2.12. The molecule has 5 nitrogen and oxygen atoms in total. The van der Waals surface area contributed by atoms with E-state index in [1.807, 2.05) is 25.9 Å². The molecule has 1 aromatic heterocycles. The lowest BCUT2D eigenvalue weighted by molar-refractivity contribution is 0.282. The van der Waals surface area contributed by atoms with Crippen LogP contribution in [0.15, 0.2) is 0 Å². The lowest BCUT2D eigenvalue weighted by Crippen LogP contribution is -2.15. The highest BCUT2D eigenvalue weighted by atomic mass is 16.2. The third-order valence-corrected chi connectivity index (χ3v) is 3.99. The normalized spacial score (nSPS) is 10.6. The zero-order chi connectivity index (χ0) is 17.1. The van der Waals surface area contributed by atoms with Gasteiger partial charge in [-0.05, 0) is 26.2 Å². The van der Waals surface area contributed by atoms with E-state index in [2.05, 4.69) is 16.0 Å². The molecule has 0 amide bonds. The first kappa shape index (κ1) is 19.4. The van der Waals surface area contributed by atoms with Crippen molar-refractivity contribution >= 4 is 5.95 Å². The Balaban J connectivity index is 2.38. The third-order valence-electron chi connectivity index (χ3n) is 3.99. The van der Waals surface area contributed by atoms with Crippen LogP contribution in [0, 0.1) is 18.3 Å². The minimum Gasteiger partial charge on any atom is -0.396 e. The Morgan fingerprint density at radius 3 is 2.04 bits per heavy atom. The fraction of sp³-hybridized carbons (Fsp3) is 0.722. The zero-order valence-corrected chi connectivity index (χ0v) is 14.8. The number of anilines is 1. The first-order valence-corrected chi connectivity index (χ1v) is 8.66. The van der Waals surface area contributed by atoms with E-state index in [1.54, 1.807) is 0 Å². The summed E-state index contributed by atoms with van der Waals surface area (Å²) in [5.41, 5.74) is 2.29. The van der Waals surface area contributed by atoms with Crippen LogP contribution in [-0.2, 0) is 6.42 Å². The molecular weight excluding hydrogens is 288 g/mol. The maximum Gasteiger partial charge on any atom is 0.225 e. The van der Waals surface area contributed by atoms with Crippen molar-refractivity contribution in [1.82, 2.24) is 9.97 Å². The standard InChI is InChI=1S/C18H30N4O/c1-15-16(14-19)17(21-18(20-15)22(2)3)12-10-8-6-4-5-7-9-11-13-23/h23H,4-13H2,1-3H3. The molecule has 1 rings (SSSR count). The summed E-state index contributed by atoms with van der Waals surface area (Å²) in [5.74, 6) is 0.681. The second-order valence-electron chi connectivity index (χ2n) is 6.24. The SMILES string of the molecule is Cc1nc(N(C)C)nc(CCCCCCCCCCO)c1C#N. The molecule has 0 radical (unpaired) electrons. The summed E-state index contributed by atoms with van der Waals surface area (Å²) >= 11 is 0. The van der Waals surface area contributed by atoms with Crippen LogP contribution in [0.25, 0.3) is 0 Å². The van der Waals surface area contributed by atoms with E-state index in [9.17, 15) is 5.26 Å². The van der Waals surface area contributed by atoms with Crippen LogP contribution in [0.4, 0.5) is 5.95 Å². The summed E-state index contributed by atoms with van der Waals surface area (Å²) in [6, 6.07) is 2.25. The Kier molecular flexibility index (Phi) is 9.23. The molecule has 0 bridgehead atoms. The average molecular weight is 318 g/mol. The number of nitriles is 1. The van der Waals surface area contributed by atoms with Gasteiger partial charge in [-0.1, -0.05) is 38.5 Å². The van der Waals surface area contributed by atoms with E-state index >= 15 is 0 Å². The van der Waals surface area contributed by atoms with E-state index in [-0.39, 0.29) is 0 Å².